The maximum absolute atomic E-state index is 12.9. The van der Waals surface area contributed by atoms with Crippen LogP contribution in [0.1, 0.15) is 18.4 Å². The fourth-order valence-corrected chi connectivity index (χ4v) is 4.94. The minimum atomic E-state index is -3.38. The average molecular weight is 288 g/mol. The molecule has 0 radical (unpaired) electrons. The lowest BCUT2D eigenvalue weighted by Crippen LogP contribution is -2.23. The van der Waals surface area contributed by atoms with Crippen molar-refractivity contribution in [2.24, 2.45) is 5.41 Å². The van der Waals surface area contributed by atoms with Gasteiger partial charge in [-0.25, -0.2) is 12.8 Å². The Morgan fingerprint density at radius 2 is 1.74 bits per heavy atom. The first kappa shape index (κ1) is 14.4. The predicted molar refractivity (Wildman–Crippen MR) is 69.0 cm³/mol. The third-order valence-corrected chi connectivity index (χ3v) is 6.31. The van der Waals surface area contributed by atoms with Gasteiger partial charge < -0.3 is 10.2 Å². The van der Waals surface area contributed by atoms with Crippen molar-refractivity contribution in [1.82, 2.24) is 0 Å². The monoisotopic (exact) mass is 288 g/mol. The fraction of sp³-hybridized carbons (Fsp3) is 0.538. The van der Waals surface area contributed by atoms with Gasteiger partial charge in [-0.2, -0.15) is 0 Å². The summed E-state index contributed by atoms with van der Waals surface area (Å²) in [4.78, 5) is 0. The van der Waals surface area contributed by atoms with E-state index in [2.05, 4.69) is 0 Å². The van der Waals surface area contributed by atoms with Crippen molar-refractivity contribution in [3.05, 3.63) is 35.6 Å². The van der Waals surface area contributed by atoms with E-state index in [4.69, 9.17) is 0 Å². The topological polar surface area (TPSA) is 74.6 Å². The van der Waals surface area contributed by atoms with Crippen LogP contribution in [0.25, 0.3) is 0 Å². The number of hydrogen-bond acceptors (Lipinski definition) is 4. The third kappa shape index (κ3) is 2.17. The number of halogens is 1. The highest BCUT2D eigenvalue weighted by Crippen LogP contribution is 2.62. The molecule has 1 aromatic rings. The number of rotatable bonds is 5. The third-order valence-electron chi connectivity index (χ3n) is 3.99. The maximum atomic E-state index is 12.9. The largest absolute Gasteiger partial charge is 0.396 e. The molecule has 2 N–H and O–H groups in total. The SMILES string of the molecule is CCS(=O)(=O)[C@@H]1[C@@H](c2ccc(F)cc2)C1(CO)CO. The standard InChI is InChI=1S/C13H17FO4S/c1-2-19(17,18)12-11(13(12,7-15)8-16)9-3-5-10(14)6-4-9/h3-6,11-12,15-16H,2,7-8H2,1H3/t11-,12-/m1/s1. The van der Waals surface area contributed by atoms with Gasteiger partial charge in [0, 0.05) is 17.1 Å². The molecule has 1 aliphatic carbocycles. The van der Waals surface area contributed by atoms with E-state index in [0.717, 1.165) is 0 Å². The summed E-state index contributed by atoms with van der Waals surface area (Å²) in [6.07, 6.45) is 0. The summed E-state index contributed by atoms with van der Waals surface area (Å²) < 4.78 is 37.0. The number of sulfone groups is 1. The molecule has 1 fully saturated rings. The second kappa shape index (κ2) is 4.85. The molecule has 1 aliphatic rings. The van der Waals surface area contributed by atoms with E-state index in [-0.39, 0.29) is 5.75 Å². The highest BCUT2D eigenvalue weighted by molar-refractivity contribution is 7.92. The smallest absolute Gasteiger partial charge is 0.154 e. The zero-order valence-corrected chi connectivity index (χ0v) is 11.4. The molecule has 0 bridgehead atoms. The van der Waals surface area contributed by atoms with E-state index in [1.165, 1.54) is 31.2 Å². The molecule has 106 valence electrons. The predicted octanol–water partition coefficient (Wildman–Crippen LogP) is 0.697. The Morgan fingerprint density at radius 3 is 2.16 bits per heavy atom. The molecule has 1 saturated carbocycles. The highest BCUT2D eigenvalue weighted by atomic mass is 32.2. The van der Waals surface area contributed by atoms with E-state index in [1.54, 1.807) is 0 Å². The Labute approximate surface area is 111 Å². The summed E-state index contributed by atoms with van der Waals surface area (Å²) in [7, 11) is -3.38. The molecule has 1 aromatic carbocycles. The van der Waals surface area contributed by atoms with Crippen molar-refractivity contribution >= 4 is 9.84 Å². The molecule has 0 unspecified atom stereocenters. The second-order valence-electron chi connectivity index (χ2n) is 4.95. The lowest BCUT2D eigenvalue weighted by Gasteiger charge is -2.10. The molecule has 0 spiro atoms. The average Bonchev–Trinajstić information content (AvgIpc) is 3.10. The van der Waals surface area contributed by atoms with Gasteiger partial charge in [0.25, 0.3) is 0 Å². The Kier molecular flexibility index (Phi) is 3.68. The number of hydrogen-bond donors (Lipinski definition) is 2. The summed E-state index contributed by atoms with van der Waals surface area (Å²) in [5, 5.41) is 18.1. The zero-order valence-electron chi connectivity index (χ0n) is 10.6. The van der Waals surface area contributed by atoms with E-state index in [0.29, 0.717) is 5.56 Å². The number of aliphatic hydroxyl groups is 2. The Hall–Kier alpha value is -0.980. The van der Waals surface area contributed by atoms with Crippen LogP contribution in [0, 0.1) is 11.2 Å². The molecule has 0 aliphatic heterocycles. The fourth-order valence-electron chi connectivity index (χ4n) is 2.80. The molecular weight excluding hydrogens is 271 g/mol. The number of benzene rings is 1. The molecular formula is C13H17FO4S. The van der Waals surface area contributed by atoms with Crippen LogP contribution in [0.5, 0.6) is 0 Å². The maximum Gasteiger partial charge on any atom is 0.154 e. The van der Waals surface area contributed by atoms with Crippen LogP contribution < -0.4 is 0 Å². The lowest BCUT2D eigenvalue weighted by molar-refractivity contribution is 0.130. The molecule has 2 rings (SSSR count). The van der Waals surface area contributed by atoms with Crippen LogP contribution in [0.4, 0.5) is 4.39 Å². The van der Waals surface area contributed by atoms with E-state index < -0.39 is 45.5 Å². The van der Waals surface area contributed by atoms with Gasteiger partial charge in [-0.3, -0.25) is 0 Å². The molecule has 0 heterocycles. The van der Waals surface area contributed by atoms with Crippen LogP contribution in [0.2, 0.25) is 0 Å². The summed E-state index contributed by atoms with van der Waals surface area (Å²) >= 11 is 0. The van der Waals surface area contributed by atoms with Crippen LogP contribution in [-0.2, 0) is 9.84 Å². The Bertz CT molecular complexity index is 549. The molecule has 0 amide bonds. The van der Waals surface area contributed by atoms with Crippen molar-refractivity contribution in [1.29, 1.82) is 0 Å². The van der Waals surface area contributed by atoms with E-state index >= 15 is 0 Å². The van der Waals surface area contributed by atoms with Crippen molar-refractivity contribution in [2.75, 3.05) is 19.0 Å². The highest BCUT2D eigenvalue weighted by Gasteiger charge is 2.69. The van der Waals surface area contributed by atoms with Gasteiger partial charge >= 0.3 is 0 Å². The molecule has 0 saturated heterocycles. The van der Waals surface area contributed by atoms with Crippen LogP contribution in [0.3, 0.4) is 0 Å². The van der Waals surface area contributed by atoms with E-state index in [1.807, 2.05) is 0 Å². The lowest BCUT2D eigenvalue weighted by atomic mass is 10.0. The Morgan fingerprint density at radius 1 is 1.21 bits per heavy atom. The summed E-state index contributed by atoms with van der Waals surface area (Å²) in [5.74, 6) is -0.928. The minimum Gasteiger partial charge on any atom is -0.396 e. The Balaban J connectivity index is 2.42. The minimum absolute atomic E-state index is 0.0445. The molecule has 19 heavy (non-hydrogen) atoms. The van der Waals surface area contributed by atoms with Gasteiger partial charge in [0.2, 0.25) is 0 Å². The summed E-state index contributed by atoms with van der Waals surface area (Å²) in [6.45, 7) is 0.722. The number of aliphatic hydroxyl groups excluding tert-OH is 2. The molecule has 6 heteroatoms. The quantitative estimate of drug-likeness (QED) is 0.836. The van der Waals surface area contributed by atoms with E-state index in [9.17, 15) is 23.0 Å². The van der Waals surface area contributed by atoms with Crippen LogP contribution in [0.15, 0.2) is 24.3 Å². The van der Waals surface area contributed by atoms with Crippen molar-refractivity contribution < 1.29 is 23.0 Å². The molecule has 0 aromatic heterocycles. The van der Waals surface area contributed by atoms with Gasteiger partial charge in [0.1, 0.15) is 5.82 Å². The molecule has 2 atom stereocenters. The van der Waals surface area contributed by atoms with Gasteiger partial charge in [0.05, 0.1) is 18.5 Å². The van der Waals surface area contributed by atoms with Crippen molar-refractivity contribution in [3.8, 4) is 0 Å². The zero-order chi connectivity index (χ0) is 14.3. The first-order valence-electron chi connectivity index (χ1n) is 6.11. The summed E-state index contributed by atoms with van der Waals surface area (Å²) in [6, 6.07) is 5.52. The first-order chi connectivity index (χ1) is 8.93. The van der Waals surface area contributed by atoms with Gasteiger partial charge in [-0.15, -0.1) is 0 Å². The second-order valence-corrected chi connectivity index (χ2v) is 7.36. The van der Waals surface area contributed by atoms with Crippen molar-refractivity contribution in [3.63, 3.8) is 0 Å². The van der Waals surface area contributed by atoms with Gasteiger partial charge in [-0.05, 0) is 17.7 Å². The normalized spacial score (nSPS) is 25.3. The van der Waals surface area contributed by atoms with Gasteiger partial charge in [0.15, 0.2) is 9.84 Å². The van der Waals surface area contributed by atoms with Gasteiger partial charge in [-0.1, -0.05) is 19.1 Å². The van der Waals surface area contributed by atoms with Crippen molar-refractivity contribution in [2.45, 2.75) is 18.1 Å². The van der Waals surface area contributed by atoms with Crippen LogP contribution in [-0.4, -0.2) is 42.8 Å². The first-order valence-corrected chi connectivity index (χ1v) is 7.83. The summed E-state index contributed by atoms with van der Waals surface area (Å²) in [5.41, 5.74) is -0.418. The van der Waals surface area contributed by atoms with Crippen LogP contribution >= 0.6 is 0 Å². The molecule has 4 nitrogen and oxygen atoms in total.